The van der Waals surface area contributed by atoms with Crippen molar-refractivity contribution in [1.29, 1.82) is 0 Å². The molecule has 2 fully saturated rings. The normalized spacial score (nSPS) is 34.6. The number of rotatable bonds is 3. The minimum Gasteiger partial charge on any atom is -0.481 e. The Bertz CT molecular complexity index is 304. The number of piperidine rings is 1. The molecule has 1 heterocycles. The summed E-state index contributed by atoms with van der Waals surface area (Å²) in [7, 11) is 0. The van der Waals surface area contributed by atoms with Crippen LogP contribution in [0.1, 0.15) is 46.5 Å². The zero-order valence-corrected chi connectivity index (χ0v) is 11.3. The Kier molecular flexibility index (Phi) is 3.23. The van der Waals surface area contributed by atoms with Crippen molar-refractivity contribution >= 4 is 5.97 Å². The lowest BCUT2D eigenvalue weighted by atomic mass is 9.66. The standard InChI is InChI=1S/C14H25NO2/c1-13(2,3)11-7-14(12(16)17,9-15-8-11)6-10-4-5-10/h10-11,15H,4-9H2,1-3H3,(H,16,17)/t11-,14-/m1/s1. The summed E-state index contributed by atoms with van der Waals surface area (Å²) in [5, 5.41) is 13.0. The first-order chi connectivity index (χ1) is 7.83. The highest BCUT2D eigenvalue weighted by atomic mass is 16.4. The Morgan fingerprint density at radius 1 is 1.41 bits per heavy atom. The molecule has 0 spiro atoms. The lowest BCUT2D eigenvalue weighted by Gasteiger charge is -2.43. The van der Waals surface area contributed by atoms with Crippen molar-refractivity contribution in [3.63, 3.8) is 0 Å². The molecule has 2 aliphatic rings. The molecule has 98 valence electrons. The second-order valence-electron chi connectivity index (χ2n) is 7.13. The third kappa shape index (κ3) is 2.82. The molecular weight excluding hydrogens is 214 g/mol. The second-order valence-corrected chi connectivity index (χ2v) is 7.13. The molecule has 0 unspecified atom stereocenters. The van der Waals surface area contributed by atoms with E-state index in [4.69, 9.17) is 0 Å². The zero-order chi connectivity index (χ0) is 12.7. The van der Waals surface area contributed by atoms with Gasteiger partial charge in [0.05, 0.1) is 5.41 Å². The van der Waals surface area contributed by atoms with Crippen LogP contribution in [0, 0.1) is 22.7 Å². The first-order valence-electron chi connectivity index (χ1n) is 6.78. The van der Waals surface area contributed by atoms with Gasteiger partial charge in [-0.3, -0.25) is 4.79 Å². The number of aliphatic carboxylic acids is 1. The highest BCUT2D eigenvalue weighted by Gasteiger charge is 2.48. The van der Waals surface area contributed by atoms with E-state index in [0.29, 0.717) is 18.4 Å². The van der Waals surface area contributed by atoms with E-state index in [1.165, 1.54) is 12.8 Å². The molecule has 0 radical (unpaired) electrons. The van der Waals surface area contributed by atoms with Crippen LogP contribution in [0.15, 0.2) is 0 Å². The summed E-state index contributed by atoms with van der Waals surface area (Å²) in [6.45, 7) is 8.27. The summed E-state index contributed by atoms with van der Waals surface area (Å²) in [5.74, 6) is 0.545. The molecule has 17 heavy (non-hydrogen) atoms. The van der Waals surface area contributed by atoms with Crippen molar-refractivity contribution in [2.45, 2.75) is 46.5 Å². The van der Waals surface area contributed by atoms with Crippen LogP contribution >= 0.6 is 0 Å². The number of carboxylic acid groups (broad SMARTS) is 1. The van der Waals surface area contributed by atoms with E-state index >= 15 is 0 Å². The fraction of sp³-hybridized carbons (Fsp3) is 0.929. The first-order valence-corrected chi connectivity index (χ1v) is 6.78. The molecule has 3 nitrogen and oxygen atoms in total. The molecular formula is C14H25NO2. The van der Waals surface area contributed by atoms with Crippen molar-refractivity contribution in [3.05, 3.63) is 0 Å². The molecule has 2 rings (SSSR count). The predicted octanol–water partition coefficient (Wildman–Crippen LogP) is 2.51. The average Bonchev–Trinajstić information content (AvgIpc) is 3.00. The summed E-state index contributed by atoms with van der Waals surface area (Å²) in [6, 6.07) is 0. The van der Waals surface area contributed by atoms with Crippen molar-refractivity contribution in [1.82, 2.24) is 5.32 Å². The Morgan fingerprint density at radius 3 is 2.53 bits per heavy atom. The SMILES string of the molecule is CC(C)(C)[C@H]1CNC[C@](CC2CC2)(C(=O)O)C1. The fourth-order valence-corrected chi connectivity index (χ4v) is 2.99. The van der Waals surface area contributed by atoms with Gasteiger partial charge in [0.1, 0.15) is 0 Å². The van der Waals surface area contributed by atoms with Crippen LogP contribution in [-0.4, -0.2) is 24.2 Å². The van der Waals surface area contributed by atoms with Crippen LogP contribution in [0.3, 0.4) is 0 Å². The summed E-state index contributed by atoms with van der Waals surface area (Å²) in [4.78, 5) is 11.7. The van der Waals surface area contributed by atoms with Gasteiger partial charge in [-0.15, -0.1) is 0 Å². The molecule has 1 aliphatic carbocycles. The number of carbonyl (C=O) groups is 1. The molecule has 1 saturated carbocycles. The van der Waals surface area contributed by atoms with E-state index in [1.54, 1.807) is 0 Å². The fourth-order valence-electron chi connectivity index (χ4n) is 2.99. The topological polar surface area (TPSA) is 49.3 Å². The van der Waals surface area contributed by atoms with E-state index in [1.807, 2.05) is 0 Å². The lowest BCUT2D eigenvalue weighted by molar-refractivity contribution is -0.153. The largest absolute Gasteiger partial charge is 0.481 e. The Hall–Kier alpha value is -0.570. The Balaban J connectivity index is 2.12. The van der Waals surface area contributed by atoms with Gasteiger partial charge in [-0.1, -0.05) is 33.6 Å². The highest BCUT2D eigenvalue weighted by Crippen LogP contribution is 2.47. The maximum Gasteiger partial charge on any atom is 0.310 e. The second kappa shape index (κ2) is 4.27. The van der Waals surface area contributed by atoms with Crippen LogP contribution < -0.4 is 5.32 Å². The van der Waals surface area contributed by atoms with Crippen molar-refractivity contribution in [2.24, 2.45) is 22.7 Å². The molecule has 1 saturated heterocycles. The van der Waals surface area contributed by atoms with Crippen LogP contribution in [0.25, 0.3) is 0 Å². The van der Waals surface area contributed by atoms with Crippen LogP contribution in [-0.2, 0) is 4.79 Å². The van der Waals surface area contributed by atoms with E-state index in [9.17, 15) is 9.90 Å². The van der Waals surface area contributed by atoms with Crippen LogP contribution in [0.5, 0.6) is 0 Å². The average molecular weight is 239 g/mol. The van der Waals surface area contributed by atoms with E-state index in [-0.39, 0.29) is 5.41 Å². The minimum absolute atomic E-state index is 0.192. The third-order valence-electron chi connectivity index (χ3n) is 4.55. The van der Waals surface area contributed by atoms with Gasteiger partial charge in [0.25, 0.3) is 0 Å². The van der Waals surface area contributed by atoms with Gasteiger partial charge in [-0.05, 0) is 36.6 Å². The molecule has 1 aliphatic heterocycles. The number of hydrogen-bond donors (Lipinski definition) is 2. The zero-order valence-electron chi connectivity index (χ0n) is 11.3. The van der Waals surface area contributed by atoms with Gasteiger partial charge in [-0.25, -0.2) is 0 Å². The molecule has 0 amide bonds. The molecule has 0 bridgehead atoms. The Labute approximate surface area is 104 Å². The smallest absolute Gasteiger partial charge is 0.310 e. The summed E-state index contributed by atoms with van der Waals surface area (Å²) < 4.78 is 0. The van der Waals surface area contributed by atoms with E-state index in [2.05, 4.69) is 26.1 Å². The maximum absolute atomic E-state index is 11.7. The van der Waals surface area contributed by atoms with Gasteiger partial charge < -0.3 is 10.4 Å². The number of nitrogens with one attached hydrogen (secondary N) is 1. The highest BCUT2D eigenvalue weighted by molar-refractivity contribution is 5.75. The molecule has 3 heteroatoms. The van der Waals surface area contributed by atoms with Crippen molar-refractivity contribution in [3.8, 4) is 0 Å². The van der Waals surface area contributed by atoms with Crippen molar-refractivity contribution in [2.75, 3.05) is 13.1 Å². The molecule has 0 aromatic rings. The molecule has 0 aromatic carbocycles. The first kappa shape index (κ1) is 12.9. The van der Waals surface area contributed by atoms with Gasteiger partial charge >= 0.3 is 5.97 Å². The summed E-state index contributed by atoms with van der Waals surface area (Å²) >= 11 is 0. The van der Waals surface area contributed by atoms with Crippen LogP contribution in [0.4, 0.5) is 0 Å². The number of carboxylic acids is 1. The van der Waals surface area contributed by atoms with E-state index < -0.39 is 11.4 Å². The predicted molar refractivity (Wildman–Crippen MR) is 67.8 cm³/mol. The maximum atomic E-state index is 11.7. The number of hydrogen-bond acceptors (Lipinski definition) is 2. The lowest BCUT2D eigenvalue weighted by Crippen LogP contribution is -2.52. The van der Waals surface area contributed by atoms with Gasteiger partial charge in [0.15, 0.2) is 0 Å². The van der Waals surface area contributed by atoms with Gasteiger partial charge in [0, 0.05) is 6.54 Å². The molecule has 2 N–H and O–H groups in total. The van der Waals surface area contributed by atoms with E-state index in [0.717, 1.165) is 19.4 Å². The Morgan fingerprint density at radius 2 is 2.06 bits per heavy atom. The summed E-state index contributed by atoms with van der Waals surface area (Å²) in [5.41, 5.74) is -0.310. The monoisotopic (exact) mass is 239 g/mol. The van der Waals surface area contributed by atoms with Gasteiger partial charge in [0.2, 0.25) is 0 Å². The van der Waals surface area contributed by atoms with Crippen LogP contribution in [0.2, 0.25) is 0 Å². The van der Waals surface area contributed by atoms with Crippen molar-refractivity contribution < 1.29 is 9.90 Å². The molecule has 2 atom stereocenters. The van der Waals surface area contributed by atoms with Gasteiger partial charge in [-0.2, -0.15) is 0 Å². The summed E-state index contributed by atoms with van der Waals surface area (Å²) in [6.07, 6.45) is 4.18. The third-order valence-corrected chi connectivity index (χ3v) is 4.55. The quantitative estimate of drug-likeness (QED) is 0.795. The minimum atomic E-state index is -0.592. The molecule has 0 aromatic heterocycles.